The second-order valence-corrected chi connectivity index (χ2v) is 14.1. The first-order chi connectivity index (χ1) is 23.0. The Balaban J connectivity index is 1.41. The van der Waals surface area contributed by atoms with Gasteiger partial charge in [-0.3, -0.25) is 0 Å². The third-order valence-electron chi connectivity index (χ3n) is 11.5. The van der Waals surface area contributed by atoms with Crippen LogP contribution in [0.15, 0.2) is 133 Å². The van der Waals surface area contributed by atoms with Crippen molar-refractivity contribution in [3.05, 3.63) is 150 Å². The number of hydrogen-bond acceptors (Lipinski definition) is 1. The Hall–Kier alpha value is -5.54. The molecule has 0 atom stereocenters. The van der Waals surface area contributed by atoms with Crippen molar-refractivity contribution in [1.82, 2.24) is 4.57 Å². The molecular weight excluding hydrogens is 567 g/mol. The van der Waals surface area contributed by atoms with Crippen LogP contribution in [0.25, 0.3) is 60.5 Å². The monoisotopic (exact) mass is 598 g/mol. The highest BCUT2D eigenvalue weighted by Gasteiger charge is 2.48. The molecule has 0 unspecified atom stereocenters. The van der Waals surface area contributed by atoms with E-state index in [4.69, 9.17) is 0 Å². The molecule has 3 aliphatic rings. The zero-order valence-electron chi connectivity index (χ0n) is 26.7. The lowest BCUT2D eigenvalue weighted by Crippen LogP contribution is -2.61. The molecule has 3 heteroatoms. The van der Waals surface area contributed by atoms with Crippen molar-refractivity contribution in [2.75, 3.05) is 4.81 Å². The lowest BCUT2D eigenvalue weighted by molar-refractivity contribution is 0.660. The van der Waals surface area contributed by atoms with Crippen molar-refractivity contribution in [3.8, 4) is 27.9 Å². The number of hydrogen-bond donors (Lipinski definition) is 0. The number of rotatable bonds is 1. The van der Waals surface area contributed by atoms with Gasteiger partial charge in [0, 0.05) is 44.4 Å². The molecule has 0 radical (unpaired) electrons. The van der Waals surface area contributed by atoms with E-state index in [1.165, 1.54) is 99.5 Å². The molecule has 220 valence electrons. The molecule has 0 saturated carbocycles. The largest absolute Gasteiger partial charge is 0.376 e. The maximum absolute atomic E-state index is 2.72. The predicted molar refractivity (Wildman–Crippen MR) is 200 cm³/mol. The molecule has 0 saturated heterocycles. The first-order valence-electron chi connectivity index (χ1n) is 16.7. The molecule has 0 N–H and O–H groups in total. The highest BCUT2D eigenvalue weighted by Crippen LogP contribution is 2.58. The second kappa shape index (κ2) is 8.63. The normalized spacial score (nSPS) is 14.8. The quantitative estimate of drug-likeness (QED) is 0.171. The summed E-state index contributed by atoms with van der Waals surface area (Å²) in [6.45, 7) is 7.06. The van der Waals surface area contributed by atoms with Crippen LogP contribution in [0.3, 0.4) is 0 Å². The molecule has 2 aliphatic heterocycles. The molecule has 0 bridgehead atoms. The van der Waals surface area contributed by atoms with Crippen molar-refractivity contribution in [3.63, 3.8) is 0 Å². The predicted octanol–water partition coefficient (Wildman–Crippen LogP) is 9.79. The van der Waals surface area contributed by atoms with Crippen LogP contribution in [-0.4, -0.2) is 11.4 Å². The van der Waals surface area contributed by atoms with E-state index in [1.54, 1.807) is 0 Å². The molecule has 0 amide bonds. The lowest BCUT2D eigenvalue weighted by atomic mass is 9.43. The Bertz CT molecular complexity index is 2690. The first-order valence-corrected chi connectivity index (χ1v) is 16.7. The summed E-state index contributed by atoms with van der Waals surface area (Å²) in [5, 5.41) is 5.22. The third kappa shape index (κ3) is 2.99. The van der Waals surface area contributed by atoms with Gasteiger partial charge in [-0.25, -0.2) is 0 Å². The van der Waals surface area contributed by atoms with Crippen LogP contribution >= 0.6 is 0 Å². The Morgan fingerprint density at radius 2 is 1.32 bits per heavy atom. The fourth-order valence-corrected chi connectivity index (χ4v) is 9.49. The Morgan fingerprint density at radius 1 is 0.574 bits per heavy atom. The van der Waals surface area contributed by atoms with Gasteiger partial charge in [-0.05, 0) is 74.6 Å². The molecule has 7 aromatic carbocycles. The van der Waals surface area contributed by atoms with Crippen LogP contribution in [0.2, 0.25) is 0 Å². The van der Waals surface area contributed by atoms with Gasteiger partial charge in [-0.15, -0.1) is 0 Å². The van der Waals surface area contributed by atoms with Gasteiger partial charge in [0.1, 0.15) is 0 Å². The van der Waals surface area contributed by atoms with E-state index in [0.29, 0.717) is 0 Å². The summed E-state index contributed by atoms with van der Waals surface area (Å²) in [6, 6.07) is 50.4. The number of nitrogens with zero attached hydrogens (tertiary/aromatic N) is 2. The van der Waals surface area contributed by atoms with Gasteiger partial charge < -0.3 is 9.38 Å². The van der Waals surface area contributed by atoms with Crippen molar-refractivity contribution < 1.29 is 0 Å². The van der Waals surface area contributed by atoms with Crippen LogP contribution in [0.5, 0.6) is 0 Å². The Labute approximate surface area is 274 Å². The summed E-state index contributed by atoms with van der Waals surface area (Å²) in [6.07, 6.45) is 0. The summed E-state index contributed by atoms with van der Waals surface area (Å²) >= 11 is 0. The number of para-hydroxylation sites is 3. The van der Waals surface area contributed by atoms with E-state index in [1.807, 2.05) is 0 Å². The molecule has 0 fully saturated rings. The maximum atomic E-state index is 2.72. The van der Waals surface area contributed by atoms with Gasteiger partial charge in [-0.1, -0.05) is 129 Å². The van der Waals surface area contributed by atoms with Crippen LogP contribution < -0.4 is 15.7 Å². The molecular formula is C44H31BN2. The zero-order valence-corrected chi connectivity index (χ0v) is 26.7. The maximum Gasteiger partial charge on any atom is 0.333 e. The van der Waals surface area contributed by atoms with Gasteiger partial charge in [0.05, 0.1) is 11.0 Å². The van der Waals surface area contributed by atoms with Gasteiger partial charge in [0.25, 0.3) is 0 Å². The molecule has 8 aromatic rings. The number of benzene rings is 7. The second-order valence-electron chi connectivity index (χ2n) is 14.1. The van der Waals surface area contributed by atoms with E-state index in [9.17, 15) is 0 Å². The fourth-order valence-electron chi connectivity index (χ4n) is 9.49. The minimum absolute atomic E-state index is 0.00101. The minimum atomic E-state index is -0.0957. The van der Waals surface area contributed by atoms with Crippen molar-refractivity contribution >= 4 is 61.7 Å². The zero-order chi connectivity index (χ0) is 31.2. The molecule has 3 heterocycles. The van der Waals surface area contributed by atoms with E-state index < -0.39 is 0 Å². The number of anilines is 2. The van der Waals surface area contributed by atoms with Crippen molar-refractivity contribution in [2.45, 2.75) is 26.2 Å². The first kappa shape index (κ1) is 25.6. The van der Waals surface area contributed by atoms with Crippen LogP contribution in [0.4, 0.5) is 11.4 Å². The highest BCUT2D eigenvalue weighted by molar-refractivity contribution is 6.94. The molecule has 0 spiro atoms. The molecule has 2 nitrogen and oxygen atoms in total. The number of fused-ring (bicyclic) bond motifs is 13. The number of aryl methyl sites for hydroxylation is 1. The summed E-state index contributed by atoms with van der Waals surface area (Å²) in [5.41, 5.74) is 18.6. The summed E-state index contributed by atoms with van der Waals surface area (Å²) < 4.78 is 2.56. The molecule has 47 heavy (non-hydrogen) atoms. The van der Waals surface area contributed by atoms with E-state index >= 15 is 0 Å². The SMILES string of the molecule is Cc1ccccc1N1B2c3c(cc4ccccc4c3-c3ccc4c(c31)-c1ccccc1C4(C)C)-n1c3ccccc3c3cccc2c31. The minimum Gasteiger partial charge on any atom is -0.376 e. The third-order valence-corrected chi connectivity index (χ3v) is 11.5. The average molecular weight is 599 g/mol. The standard InChI is InChI=1S/C44H31BN2/c1-26-13-4-10-21-36(26)47-43-32(23-24-34-40(43)31-17-7-9-19-33(31)44(34,2)3)39-28-15-6-5-14-27(28)25-38-41(39)45(47)35-20-12-18-30-29-16-8-11-22-37(29)46(38)42(30)35/h4-25H,1-3H3. The van der Waals surface area contributed by atoms with Gasteiger partial charge in [-0.2, -0.15) is 0 Å². The molecule has 1 aliphatic carbocycles. The fraction of sp³-hybridized carbons (Fsp3) is 0.0909. The summed E-state index contributed by atoms with van der Waals surface area (Å²) in [4.78, 5) is 2.72. The van der Waals surface area contributed by atoms with Crippen LogP contribution in [0, 0.1) is 6.92 Å². The van der Waals surface area contributed by atoms with E-state index in [2.05, 4.69) is 164 Å². The van der Waals surface area contributed by atoms with Gasteiger partial charge >= 0.3 is 6.85 Å². The number of aromatic nitrogens is 1. The van der Waals surface area contributed by atoms with E-state index in [0.717, 1.165) is 0 Å². The van der Waals surface area contributed by atoms with E-state index in [-0.39, 0.29) is 12.3 Å². The Morgan fingerprint density at radius 3 is 2.21 bits per heavy atom. The van der Waals surface area contributed by atoms with Crippen molar-refractivity contribution in [1.29, 1.82) is 0 Å². The highest BCUT2D eigenvalue weighted by atomic mass is 15.1. The molecule has 1 aromatic heterocycles. The van der Waals surface area contributed by atoms with Crippen molar-refractivity contribution in [2.24, 2.45) is 0 Å². The molecule has 11 rings (SSSR count). The van der Waals surface area contributed by atoms with Gasteiger partial charge in [0.15, 0.2) is 0 Å². The summed E-state index contributed by atoms with van der Waals surface area (Å²) in [7, 11) is 0. The Kier molecular flexibility index (Phi) is 4.71. The van der Waals surface area contributed by atoms with Gasteiger partial charge in [0.2, 0.25) is 0 Å². The lowest BCUT2D eigenvalue weighted by Gasteiger charge is -2.44. The van der Waals surface area contributed by atoms with Crippen LogP contribution in [0.1, 0.15) is 30.5 Å². The smallest absolute Gasteiger partial charge is 0.333 e. The van der Waals surface area contributed by atoms with Crippen LogP contribution in [-0.2, 0) is 5.41 Å². The average Bonchev–Trinajstić information content (AvgIpc) is 3.56. The topological polar surface area (TPSA) is 8.17 Å². The summed E-state index contributed by atoms with van der Waals surface area (Å²) in [5.74, 6) is 0.